The summed E-state index contributed by atoms with van der Waals surface area (Å²) in [5, 5.41) is 0. The van der Waals surface area contributed by atoms with Crippen LogP contribution in [0.2, 0.25) is 0 Å². The van der Waals surface area contributed by atoms with Gasteiger partial charge < -0.3 is 18.6 Å². The van der Waals surface area contributed by atoms with Crippen LogP contribution >= 0.6 is 0 Å². The third-order valence-corrected chi connectivity index (χ3v) is 4.57. The monoisotopic (exact) mass is 360 g/mol. The molecule has 0 aliphatic rings. The van der Waals surface area contributed by atoms with Crippen molar-refractivity contribution in [2.75, 3.05) is 21.3 Å². The van der Waals surface area contributed by atoms with E-state index in [1.54, 1.807) is 27.5 Å². The van der Waals surface area contributed by atoms with Gasteiger partial charge in [-0.05, 0) is 23.8 Å². The molecule has 4 aromatic rings. The molecular formula is C22H20N2O3. The third-order valence-electron chi connectivity index (χ3n) is 4.57. The van der Waals surface area contributed by atoms with E-state index in [0.29, 0.717) is 17.2 Å². The van der Waals surface area contributed by atoms with E-state index in [1.165, 1.54) is 0 Å². The molecule has 0 fully saturated rings. The number of rotatable bonds is 5. The molecule has 0 radical (unpaired) electrons. The molecule has 2 heterocycles. The molecule has 0 bridgehead atoms. The fourth-order valence-corrected chi connectivity index (χ4v) is 3.27. The van der Waals surface area contributed by atoms with Crippen molar-refractivity contribution in [3.8, 4) is 39.6 Å². The molecule has 5 nitrogen and oxygen atoms in total. The van der Waals surface area contributed by atoms with Gasteiger partial charge >= 0.3 is 0 Å². The van der Waals surface area contributed by atoms with Crippen LogP contribution in [-0.2, 0) is 0 Å². The van der Waals surface area contributed by atoms with Gasteiger partial charge in [-0.3, -0.25) is 4.98 Å². The number of fused-ring (bicyclic) bond motifs is 1. The van der Waals surface area contributed by atoms with Gasteiger partial charge in [0.05, 0.1) is 32.5 Å². The van der Waals surface area contributed by atoms with Crippen LogP contribution in [-0.4, -0.2) is 30.7 Å². The van der Waals surface area contributed by atoms with Gasteiger partial charge in [0, 0.05) is 29.7 Å². The summed E-state index contributed by atoms with van der Waals surface area (Å²) < 4.78 is 18.5. The van der Waals surface area contributed by atoms with Gasteiger partial charge in [0.1, 0.15) is 0 Å². The van der Waals surface area contributed by atoms with Crippen molar-refractivity contribution in [2.45, 2.75) is 0 Å². The summed E-state index contributed by atoms with van der Waals surface area (Å²) in [4.78, 5) is 4.62. The normalized spacial score (nSPS) is 10.8. The summed E-state index contributed by atoms with van der Waals surface area (Å²) >= 11 is 0. The fraction of sp³-hybridized carbons (Fsp3) is 0.136. The van der Waals surface area contributed by atoms with E-state index in [1.807, 2.05) is 36.5 Å². The quantitative estimate of drug-likeness (QED) is 0.518. The zero-order chi connectivity index (χ0) is 18.8. The molecule has 2 aromatic carbocycles. The van der Waals surface area contributed by atoms with Crippen LogP contribution in [0, 0.1) is 0 Å². The summed E-state index contributed by atoms with van der Waals surface area (Å²) in [5.74, 6) is 1.77. The lowest BCUT2D eigenvalue weighted by Gasteiger charge is -2.14. The van der Waals surface area contributed by atoms with Crippen molar-refractivity contribution >= 4 is 5.52 Å². The van der Waals surface area contributed by atoms with Crippen LogP contribution in [0.1, 0.15) is 0 Å². The maximum atomic E-state index is 5.49. The van der Waals surface area contributed by atoms with Gasteiger partial charge in [-0.1, -0.05) is 30.3 Å². The topological polar surface area (TPSA) is 45.0 Å². The molecule has 136 valence electrons. The minimum absolute atomic E-state index is 0.566. The first-order valence-electron chi connectivity index (χ1n) is 8.57. The molecule has 27 heavy (non-hydrogen) atoms. The van der Waals surface area contributed by atoms with E-state index < -0.39 is 0 Å². The average Bonchev–Trinajstić information content (AvgIpc) is 3.17. The first-order chi connectivity index (χ1) is 13.2. The lowest BCUT2D eigenvalue weighted by atomic mass is 10.1. The summed E-state index contributed by atoms with van der Waals surface area (Å²) in [6, 6.07) is 16.3. The largest absolute Gasteiger partial charge is 0.493 e. The van der Waals surface area contributed by atoms with E-state index in [2.05, 4.69) is 33.8 Å². The molecule has 0 aliphatic heterocycles. The second kappa shape index (κ2) is 7.03. The van der Waals surface area contributed by atoms with Crippen LogP contribution < -0.4 is 14.2 Å². The van der Waals surface area contributed by atoms with Crippen molar-refractivity contribution in [3.05, 3.63) is 67.1 Å². The predicted octanol–water partition coefficient (Wildman–Crippen LogP) is 4.69. The number of aromatic nitrogens is 2. The zero-order valence-corrected chi connectivity index (χ0v) is 15.5. The van der Waals surface area contributed by atoms with Crippen LogP contribution in [0.5, 0.6) is 17.2 Å². The lowest BCUT2D eigenvalue weighted by Crippen LogP contribution is -1.97. The Morgan fingerprint density at radius 2 is 1.48 bits per heavy atom. The molecule has 0 N–H and O–H groups in total. The average molecular weight is 360 g/mol. The van der Waals surface area contributed by atoms with Crippen LogP contribution in [0.4, 0.5) is 0 Å². The maximum absolute atomic E-state index is 5.49. The summed E-state index contributed by atoms with van der Waals surface area (Å²) in [5.41, 5.74) is 5.05. The predicted molar refractivity (Wildman–Crippen MR) is 106 cm³/mol. The number of hydrogen-bond donors (Lipinski definition) is 0. The summed E-state index contributed by atoms with van der Waals surface area (Å²) in [6.45, 7) is 0. The van der Waals surface area contributed by atoms with E-state index in [0.717, 1.165) is 27.9 Å². The van der Waals surface area contributed by atoms with Crippen molar-refractivity contribution in [3.63, 3.8) is 0 Å². The summed E-state index contributed by atoms with van der Waals surface area (Å²) in [7, 11) is 4.82. The van der Waals surface area contributed by atoms with Gasteiger partial charge in [0.25, 0.3) is 0 Å². The lowest BCUT2D eigenvalue weighted by molar-refractivity contribution is 0.324. The Bertz CT molecular complexity index is 1060. The van der Waals surface area contributed by atoms with Gasteiger partial charge in [-0.15, -0.1) is 0 Å². The van der Waals surface area contributed by atoms with Crippen molar-refractivity contribution in [1.29, 1.82) is 0 Å². The molecule has 0 aliphatic carbocycles. The summed E-state index contributed by atoms with van der Waals surface area (Å²) in [6.07, 6.45) is 5.84. The number of nitrogens with zero attached hydrogens (tertiary/aromatic N) is 2. The van der Waals surface area contributed by atoms with Gasteiger partial charge in [0.2, 0.25) is 5.75 Å². The second-order valence-corrected chi connectivity index (χ2v) is 6.08. The Kier molecular flexibility index (Phi) is 4.42. The van der Waals surface area contributed by atoms with Gasteiger partial charge in [-0.2, -0.15) is 0 Å². The minimum atomic E-state index is 0.566. The zero-order valence-electron chi connectivity index (χ0n) is 15.5. The number of methoxy groups -OCH3 is 3. The molecule has 0 saturated carbocycles. The molecular weight excluding hydrogens is 340 g/mol. The molecule has 0 atom stereocenters. The van der Waals surface area contributed by atoms with E-state index >= 15 is 0 Å². The fourth-order valence-electron chi connectivity index (χ4n) is 3.27. The van der Waals surface area contributed by atoms with Crippen molar-refractivity contribution in [1.82, 2.24) is 9.38 Å². The standard InChI is InChI=1S/C22H20N2O3/c1-25-19-12-16(13-20(26-2)22(19)27-3)21-18-11-17(14-24(18)10-9-23-21)15-7-5-4-6-8-15/h4-14H,1-3H3. The molecule has 0 saturated heterocycles. The molecule has 0 unspecified atom stereocenters. The van der Waals surface area contributed by atoms with Crippen molar-refractivity contribution in [2.24, 2.45) is 0 Å². The number of ether oxygens (including phenoxy) is 3. The Morgan fingerprint density at radius 1 is 0.778 bits per heavy atom. The van der Waals surface area contributed by atoms with Crippen LogP contribution in [0.3, 0.4) is 0 Å². The molecule has 0 amide bonds. The van der Waals surface area contributed by atoms with Gasteiger partial charge in [0.15, 0.2) is 11.5 Å². The highest BCUT2D eigenvalue weighted by atomic mass is 16.5. The highest BCUT2D eigenvalue weighted by molar-refractivity contribution is 5.83. The Labute approximate surface area is 157 Å². The van der Waals surface area contributed by atoms with Gasteiger partial charge in [-0.25, -0.2) is 0 Å². The number of hydrogen-bond acceptors (Lipinski definition) is 4. The first-order valence-corrected chi connectivity index (χ1v) is 8.57. The minimum Gasteiger partial charge on any atom is -0.493 e. The Balaban J connectivity index is 1.91. The van der Waals surface area contributed by atoms with Crippen LogP contribution in [0.15, 0.2) is 67.1 Å². The van der Waals surface area contributed by atoms with E-state index in [-0.39, 0.29) is 0 Å². The molecule has 4 rings (SSSR count). The first kappa shape index (κ1) is 17.0. The molecule has 5 heteroatoms. The van der Waals surface area contributed by atoms with Crippen molar-refractivity contribution < 1.29 is 14.2 Å². The Hall–Kier alpha value is -3.47. The SMILES string of the molecule is COc1cc(-c2nccn3cc(-c4ccccc4)cc23)cc(OC)c1OC. The maximum Gasteiger partial charge on any atom is 0.203 e. The third kappa shape index (κ3) is 2.97. The molecule has 0 spiro atoms. The number of benzene rings is 2. The highest BCUT2D eigenvalue weighted by Gasteiger charge is 2.17. The van der Waals surface area contributed by atoms with E-state index in [4.69, 9.17) is 14.2 Å². The molecule has 2 aromatic heterocycles. The Morgan fingerprint density at radius 3 is 2.11 bits per heavy atom. The highest BCUT2D eigenvalue weighted by Crippen LogP contribution is 2.41. The van der Waals surface area contributed by atoms with Crippen LogP contribution in [0.25, 0.3) is 27.9 Å². The smallest absolute Gasteiger partial charge is 0.203 e. The van der Waals surface area contributed by atoms with E-state index in [9.17, 15) is 0 Å². The second-order valence-electron chi connectivity index (χ2n) is 6.08.